The van der Waals surface area contributed by atoms with E-state index in [1.54, 1.807) is 4.90 Å². The number of urea groups is 1. The smallest absolute Gasteiger partial charge is 0.315 e. The van der Waals surface area contributed by atoms with Crippen molar-refractivity contribution in [3.63, 3.8) is 0 Å². The summed E-state index contributed by atoms with van der Waals surface area (Å²) in [5.41, 5.74) is 10.6. The summed E-state index contributed by atoms with van der Waals surface area (Å²) in [5, 5.41) is 0. The highest BCUT2D eigenvalue weighted by Gasteiger charge is 2.30. The summed E-state index contributed by atoms with van der Waals surface area (Å²) in [6.45, 7) is 3.19. The first-order chi connectivity index (χ1) is 6.15. The average Bonchev–Trinajstić information content (AvgIpc) is 1.97. The summed E-state index contributed by atoms with van der Waals surface area (Å²) in [5.74, 6) is 0. The van der Waals surface area contributed by atoms with Crippen molar-refractivity contribution in [3.8, 4) is 0 Å². The molecule has 0 aromatic rings. The van der Waals surface area contributed by atoms with Gasteiger partial charge in [0.05, 0.1) is 0 Å². The molecule has 1 aliphatic rings. The van der Waals surface area contributed by atoms with Gasteiger partial charge in [0, 0.05) is 32.2 Å². The van der Waals surface area contributed by atoms with E-state index in [0.717, 1.165) is 26.1 Å². The maximum absolute atomic E-state index is 10.8. The lowest BCUT2D eigenvalue weighted by atomic mass is 10.0. The normalized spacial score (nSPS) is 21.8. The fourth-order valence-electron chi connectivity index (χ4n) is 1.59. The van der Waals surface area contributed by atoms with Crippen LogP contribution < -0.4 is 11.5 Å². The maximum Gasteiger partial charge on any atom is 0.315 e. The molecule has 0 aliphatic carbocycles. The highest BCUT2D eigenvalue weighted by atomic mass is 16.2. The molecule has 0 aromatic carbocycles. The molecule has 5 heteroatoms. The summed E-state index contributed by atoms with van der Waals surface area (Å²) in [6, 6.07) is -0.00792. The molecular weight excluding hydrogens is 168 g/mol. The van der Waals surface area contributed by atoms with Gasteiger partial charge in [0.25, 0.3) is 0 Å². The lowest BCUT2D eigenvalue weighted by Gasteiger charge is -2.41. The number of amides is 2. The summed E-state index contributed by atoms with van der Waals surface area (Å²) < 4.78 is 0. The third-order valence-electron chi connectivity index (χ3n) is 2.46. The third kappa shape index (κ3) is 2.57. The van der Waals surface area contributed by atoms with Crippen LogP contribution >= 0.6 is 0 Å². The molecule has 2 amide bonds. The highest BCUT2D eigenvalue weighted by molar-refractivity contribution is 5.73. The molecule has 0 spiro atoms. The molecule has 0 saturated carbocycles. The van der Waals surface area contributed by atoms with Gasteiger partial charge < -0.3 is 21.3 Å². The van der Waals surface area contributed by atoms with Gasteiger partial charge in [-0.3, -0.25) is 0 Å². The predicted octanol–water partition coefficient (Wildman–Crippen LogP) is -0.970. The molecule has 4 N–H and O–H groups in total. The quantitative estimate of drug-likeness (QED) is 0.593. The van der Waals surface area contributed by atoms with Gasteiger partial charge >= 0.3 is 6.03 Å². The van der Waals surface area contributed by atoms with Gasteiger partial charge in [0.15, 0.2) is 0 Å². The maximum atomic E-state index is 10.8. The van der Waals surface area contributed by atoms with Crippen molar-refractivity contribution >= 4 is 6.03 Å². The van der Waals surface area contributed by atoms with Crippen LogP contribution in [0.25, 0.3) is 0 Å². The molecule has 1 aliphatic heterocycles. The van der Waals surface area contributed by atoms with Crippen molar-refractivity contribution in [1.29, 1.82) is 0 Å². The summed E-state index contributed by atoms with van der Waals surface area (Å²) in [4.78, 5) is 14.7. The number of carbonyl (C=O) groups excluding carboxylic acids is 1. The summed E-state index contributed by atoms with van der Waals surface area (Å²) in [6.07, 6.45) is 1.05. The number of likely N-dealkylation sites (N-methyl/N-ethyl adjacent to an activating group) is 1. The summed E-state index contributed by atoms with van der Waals surface area (Å²) >= 11 is 0. The van der Waals surface area contributed by atoms with E-state index in [4.69, 9.17) is 11.5 Å². The monoisotopic (exact) mass is 186 g/mol. The molecule has 1 saturated heterocycles. The number of likely N-dealkylation sites (tertiary alicyclic amines) is 1. The van der Waals surface area contributed by atoms with Gasteiger partial charge in [-0.25, -0.2) is 4.79 Å². The zero-order valence-electron chi connectivity index (χ0n) is 8.07. The van der Waals surface area contributed by atoms with Crippen LogP contribution in [-0.2, 0) is 0 Å². The molecule has 1 heterocycles. The Bertz CT molecular complexity index is 185. The van der Waals surface area contributed by atoms with E-state index < -0.39 is 0 Å². The molecule has 1 fully saturated rings. The fourth-order valence-corrected chi connectivity index (χ4v) is 1.59. The van der Waals surface area contributed by atoms with Gasteiger partial charge in [-0.05, 0) is 13.5 Å². The van der Waals surface area contributed by atoms with Crippen LogP contribution in [0.15, 0.2) is 0 Å². The van der Waals surface area contributed by atoms with E-state index in [-0.39, 0.29) is 6.03 Å². The first-order valence-corrected chi connectivity index (χ1v) is 4.60. The number of primary amides is 1. The zero-order valence-corrected chi connectivity index (χ0v) is 8.07. The van der Waals surface area contributed by atoms with Crippen molar-refractivity contribution in [2.24, 2.45) is 11.5 Å². The molecule has 1 atom stereocenters. The number of nitrogens with zero attached hydrogens (tertiary/aromatic N) is 2. The van der Waals surface area contributed by atoms with Crippen LogP contribution in [0.3, 0.4) is 0 Å². The lowest BCUT2D eigenvalue weighted by Crippen LogP contribution is -2.57. The van der Waals surface area contributed by atoms with Crippen LogP contribution in [0.4, 0.5) is 4.79 Å². The Morgan fingerprint density at radius 1 is 1.69 bits per heavy atom. The average molecular weight is 186 g/mol. The fraction of sp³-hybridized carbons (Fsp3) is 0.875. The lowest BCUT2D eigenvalue weighted by molar-refractivity contribution is 0.0965. The van der Waals surface area contributed by atoms with Crippen molar-refractivity contribution < 1.29 is 4.79 Å². The van der Waals surface area contributed by atoms with Crippen molar-refractivity contribution in [2.45, 2.75) is 12.5 Å². The standard InChI is InChI=1S/C8H18N4O/c1-11(5-3-9)6-7-2-4-12(7)8(10)13/h7H,2-6,9H2,1H3,(H2,10,13). The molecule has 76 valence electrons. The zero-order chi connectivity index (χ0) is 9.84. The van der Waals surface area contributed by atoms with Crippen LogP contribution in [0, 0.1) is 0 Å². The molecule has 0 radical (unpaired) electrons. The van der Waals surface area contributed by atoms with Crippen molar-refractivity contribution in [1.82, 2.24) is 9.80 Å². The highest BCUT2D eigenvalue weighted by Crippen LogP contribution is 2.16. The SMILES string of the molecule is CN(CCN)CC1CCN1C(N)=O. The van der Waals surface area contributed by atoms with Gasteiger partial charge in [0.1, 0.15) is 0 Å². The molecular formula is C8H18N4O. The van der Waals surface area contributed by atoms with Gasteiger partial charge in [0.2, 0.25) is 0 Å². The van der Waals surface area contributed by atoms with E-state index in [0.29, 0.717) is 12.6 Å². The van der Waals surface area contributed by atoms with Gasteiger partial charge in [-0.15, -0.1) is 0 Å². The van der Waals surface area contributed by atoms with E-state index in [1.165, 1.54) is 0 Å². The number of rotatable bonds is 4. The van der Waals surface area contributed by atoms with Crippen molar-refractivity contribution in [2.75, 3.05) is 33.2 Å². The number of hydrogen-bond acceptors (Lipinski definition) is 3. The van der Waals surface area contributed by atoms with Gasteiger partial charge in [-0.1, -0.05) is 0 Å². The minimum Gasteiger partial charge on any atom is -0.351 e. The van der Waals surface area contributed by atoms with Crippen LogP contribution in [0.1, 0.15) is 6.42 Å². The topological polar surface area (TPSA) is 75.6 Å². The van der Waals surface area contributed by atoms with E-state index in [1.807, 2.05) is 7.05 Å². The first kappa shape index (κ1) is 10.3. The Labute approximate surface area is 78.6 Å². The minimum atomic E-state index is -0.308. The molecule has 5 nitrogen and oxygen atoms in total. The molecule has 0 aromatic heterocycles. The van der Waals surface area contributed by atoms with Crippen molar-refractivity contribution in [3.05, 3.63) is 0 Å². The number of carbonyl (C=O) groups is 1. The predicted molar refractivity (Wildman–Crippen MR) is 51.2 cm³/mol. The molecule has 1 unspecified atom stereocenters. The Morgan fingerprint density at radius 2 is 2.38 bits per heavy atom. The van der Waals surface area contributed by atoms with E-state index in [2.05, 4.69) is 4.90 Å². The number of nitrogens with two attached hydrogens (primary N) is 2. The number of hydrogen-bond donors (Lipinski definition) is 2. The second-order valence-corrected chi connectivity index (χ2v) is 3.53. The van der Waals surface area contributed by atoms with Gasteiger partial charge in [-0.2, -0.15) is 0 Å². The Morgan fingerprint density at radius 3 is 2.77 bits per heavy atom. The van der Waals surface area contributed by atoms with Crippen LogP contribution in [0.2, 0.25) is 0 Å². The van der Waals surface area contributed by atoms with Crippen LogP contribution in [0.5, 0.6) is 0 Å². The summed E-state index contributed by atoms with van der Waals surface area (Å²) in [7, 11) is 2.00. The molecule has 1 rings (SSSR count). The van der Waals surface area contributed by atoms with E-state index in [9.17, 15) is 4.79 Å². The Kier molecular flexibility index (Phi) is 3.50. The second-order valence-electron chi connectivity index (χ2n) is 3.53. The molecule has 13 heavy (non-hydrogen) atoms. The largest absolute Gasteiger partial charge is 0.351 e. The molecule has 0 bridgehead atoms. The van der Waals surface area contributed by atoms with Crippen LogP contribution in [-0.4, -0.2) is 55.1 Å². The first-order valence-electron chi connectivity index (χ1n) is 4.60. The Balaban J connectivity index is 2.25. The second kappa shape index (κ2) is 4.43. The van der Waals surface area contributed by atoms with E-state index >= 15 is 0 Å². The third-order valence-corrected chi connectivity index (χ3v) is 2.46. The minimum absolute atomic E-state index is 0.300. The Hall–Kier alpha value is -0.810.